The van der Waals surface area contributed by atoms with Crippen molar-refractivity contribution in [1.82, 2.24) is 5.06 Å². The molecular weight excluding hydrogens is 222 g/mol. The summed E-state index contributed by atoms with van der Waals surface area (Å²) in [7, 11) is 1.55. The van der Waals surface area contributed by atoms with E-state index in [-0.39, 0.29) is 5.75 Å². The molecule has 0 amide bonds. The minimum Gasteiger partial charge on any atom is -0.508 e. The van der Waals surface area contributed by atoms with Crippen LogP contribution in [-0.4, -0.2) is 22.4 Å². The van der Waals surface area contributed by atoms with Gasteiger partial charge in [-0.1, -0.05) is 15.9 Å². The van der Waals surface area contributed by atoms with Gasteiger partial charge in [0.05, 0.1) is 0 Å². The van der Waals surface area contributed by atoms with Crippen molar-refractivity contribution >= 4 is 15.9 Å². The standard InChI is InChI=1S/C8H10BrNO2/c1-10(12)5-6-4-7(11)2-3-8(6)9/h2-4,11-12H,5H2,1H3. The van der Waals surface area contributed by atoms with Gasteiger partial charge in [0, 0.05) is 18.1 Å². The molecule has 0 spiro atoms. The lowest BCUT2D eigenvalue weighted by molar-refractivity contribution is -0.0733. The zero-order valence-electron chi connectivity index (χ0n) is 6.66. The normalized spacial score (nSPS) is 10.7. The molecule has 0 fully saturated rings. The van der Waals surface area contributed by atoms with Crippen molar-refractivity contribution in [3.8, 4) is 5.75 Å². The fraction of sp³-hybridized carbons (Fsp3) is 0.250. The molecule has 0 aliphatic carbocycles. The van der Waals surface area contributed by atoms with E-state index < -0.39 is 0 Å². The van der Waals surface area contributed by atoms with E-state index in [4.69, 9.17) is 10.3 Å². The van der Waals surface area contributed by atoms with Crippen molar-refractivity contribution in [2.45, 2.75) is 6.54 Å². The number of phenolic OH excluding ortho intramolecular Hbond substituents is 1. The first kappa shape index (κ1) is 9.51. The van der Waals surface area contributed by atoms with Gasteiger partial charge in [-0.15, -0.1) is 0 Å². The molecule has 3 nitrogen and oxygen atoms in total. The molecule has 1 aromatic carbocycles. The smallest absolute Gasteiger partial charge is 0.115 e. The Labute approximate surface area is 79.3 Å². The van der Waals surface area contributed by atoms with E-state index in [0.717, 1.165) is 15.1 Å². The van der Waals surface area contributed by atoms with E-state index in [9.17, 15) is 0 Å². The molecule has 12 heavy (non-hydrogen) atoms. The van der Waals surface area contributed by atoms with Gasteiger partial charge in [-0.05, 0) is 23.8 Å². The van der Waals surface area contributed by atoms with Gasteiger partial charge in [-0.2, -0.15) is 5.06 Å². The van der Waals surface area contributed by atoms with E-state index in [0.29, 0.717) is 6.54 Å². The van der Waals surface area contributed by atoms with E-state index in [1.807, 2.05) is 0 Å². The van der Waals surface area contributed by atoms with Crippen LogP contribution < -0.4 is 0 Å². The summed E-state index contributed by atoms with van der Waals surface area (Å²) in [5.41, 5.74) is 0.847. The first-order valence-corrected chi connectivity index (χ1v) is 4.26. The maximum Gasteiger partial charge on any atom is 0.115 e. The number of nitrogens with zero attached hydrogens (tertiary/aromatic N) is 1. The van der Waals surface area contributed by atoms with Crippen molar-refractivity contribution in [2.75, 3.05) is 7.05 Å². The number of halogens is 1. The Hall–Kier alpha value is -0.580. The zero-order chi connectivity index (χ0) is 9.14. The Morgan fingerprint density at radius 1 is 1.50 bits per heavy atom. The first-order valence-electron chi connectivity index (χ1n) is 3.47. The molecular formula is C8H10BrNO2. The lowest BCUT2D eigenvalue weighted by Gasteiger charge is -2.09. The highest BCUT2D eigenvalue weighted by Gasteiger charge is 2.02. The lowest BCUT2D eigenvalue weighted by atomic mass is 10.2. The van der Waals surface area contributed by atoms with Crippen molar-refractivity contribution < 1.29 is 10.3 Å². The zero-order valence-corrected chi connectivity index (χ0v) is 8.24. The van der Waals surface area contributed by atoms with Crippen LogP contribution in [0.25, 0.3) is 0 Å². The highest BCUT2D eigenvalue weighted by molar-refractivity contribution is 9.10. The van der Waals surface area contributed by atoms with Crippen LogP contribution in [0.15, 0.2) is 22.7 Å². The Kier molecular flexibility index (Phi) is 3.08. The average Bonchev–Trinajstić information content (AvgIpc) is 1.96. The summed E-state index contributed by atoms with van der Waals surface area (Å²) in [5.74, 6) is 0.204. The van der Waals surface area contributed by atoms with E-state index in [2.05, 4.69) is 15.9 Å². The largest absolute Gasteiger partial charge is 0.508 e. The number of benzene rings is 1. The number of rotatable bonds is 2. The van der Waals surface area contributed by atoms with Crippen molar-refractivity contribution in [1.29, 1.82) is 0 Å². The van der Waals surface area contributed by atoms with Crippen LogP contribution in [0.1, 0.15) is 5.56 Å². The summed E-state index contributed by atoms with van der Waals surface area (Å²) in [5, 5.41) is 19.1. The molecule has 0 bridgehead atoms. The summed E-state index contributed by atoms with van der Waals surface area (Å²) in [4.78, 5) is 0. The molecule has 2 N–H and O–H groups in total. The molecule has 0 saturated heterocycles. The molecule has 1 rings (SSSR count). The average molecular weight is 232 g/mol. The number of hydrogen-bond acceptors (Lipinski definition) is 3. The molecule has 0 saturated carbocycles. The van der Waals surface area contributed by atoms with Gasteiger partial charge in [0.15, 0.2) is 0 Å². The second-order valence-electron chi connectivity index (χ2n) is 2.59. The third-order valence-electron chi connectivity index (χ3n) is 1.43. The maximum atomic E-state index is 9.13. The third-order valence-corrected chi connectivity index (χ3v) is 2.20. The molecule has 0 aliphatic heterocycles. The van der Waals surface area contributed by atoms with Gasteiger partial charge in [-0.25, -0.2) is 0 Å². The van der Waals surface area contributed by atoms with Crippen LogP contribution in [-0.2, 0) is 6.54 Å². The van der Waals surface area contributed by atoms with Crippen LogP contribution in [0.5, 0.6) is 5.75 Å². The number of hydrogen-bond donors (Lipinski definition) is 2. The molecule has 1 aromatic rings. The van der Waals surface area contributed by atoms with Crippen molar-refractivity contribution in [3.05, 3.63) is 28.2 Å². The quantitative estimate of drug-likeness (QED) is 0.766. The van der Waals surface area contributed by atoms with Crippen LogP contribution >= 0.6 is 15.9 Å². The Balaban J connectivity index is 2.90. The molecule has 0 unspecified atom stereocenters. The van der Waals surface area contributed by atoms with Crippen LogP contribution in [0, 0.1) is 0 Å². The molecule has 0 aromatic heterocycles. The number of phenols is 1. The SMILES string of the molecule is CN(O)Cc1cc(O)ccc1Br. The van der Waals surface area contributed by atoms with Gasteiger partial charge in [0.2, 0.25) is 0 Å². The number of hydroxylamine groups is 2. The predicted molar refractivity (Wildman–Crippen MR) is 49.1 cm³/mol. The van der Waals surface area contributed by atoms with Crippen LogP contribution in [0.3, 0.4) is 0 Å². The predicted octanol–water partition coefficient (Wildman–Crippen LogP) is 1.98. The summed E-state index contributed by atoms with van der Waals surface area (Å²) in [6, 6.07) is 4.94. The minimum atomic E-state index is 0.204. The lowest BCUT2D eigenvalue weighted by Crippen LogP contribution is -2.11. The Morgan fingerprint density at radius 3 is 2.75 bits per heavy atom. The van der Waals surface area contributed by atoms with Gasteiger partial charge < -0.3 is 10.3 Å². The summed E-state index contributed by atoms with van der Waals surface area (Å²) >= 11 is 3.31. The highest BCUT2D eigenvalue weighted by Crippen LogP contribution is 2.22. The first-order chi connectivity index (χ1) is 5.59. The summed E-state index contributed by atoms with van der Waals surface area (Å²) in [6.45, 7) is 0.384. The van der Waals surface area contributed by atoms with Crippen molar-refractivity contribution in [2.24, 2.45) is 0 Å². The summed E-state index contributed by atoms with van der Waals surface area (Å²) in [6.07, 6.45) is 0. The van der Waals surface area contributed by atoms with Gasteiger partial charge in [0.1, 0.15) is 5.75 Å². The fourth-order valence-corrected chi connectivity index (χ4v) is 1.30. The van der Waals surface area contributed by atoms with Gasteiger partial charge in [-0.3, -0.25) is 0 Å². The van der Waals surface area contributed by atoms with E-state index >= 15 is 0 Å². The number of aromatic hydroxyl groups is 1. The van der Waals surface area contributed by atoms with Crippen molar-refractivity contribution in [3.63, 3.8) is 0 Å². The van der Waals surface area contributed by atoms with Gasteiger partial charge >= 0.3 is 0 Å². The van der Waals surface area contributed by atoms with Gasteiger partial charge in [0.25, 0.3) is 0 Å². The minimum absolute atomic E-state index is 0.204. The second-order valence-corrected chi connectivity index (χ2v) is 3.45. The molecule has 0 atom stereocenters. The molecule has 0 radical (unpaired) electrons. The summed E-state index contributed by atoms with van der Waals surface area (Å²) < 4.78 is 0.876. The van der Waals surface area contributed by atoms with Crippen LogP contribution in [0.2, 0.25) is 0 Å². The van der Waals surface area contributed by atoms with E-state index in [1.54, 1.807) is 25.2 Å². The van der Waals surface area contributed by atoms with E-state index in [1.165, 1.54) is 0 Å². The fourth-order valence-electron chi connectivity index (χ4n) is 0.929. The third kappa shape index (κ3) is 2.48. The Bertz CT molecular complexity index is 276. The Morgan fingerprint density at radius 2 is 2.17 bits per heavy atom. The topological polar surface area (TPSA) is 43.7 Å². The molecule has 66 valence electrons. The van der Waals surface area contributed by atoms with Crippen LogP contribution in [0.4, 0.5) is 0 Å². The highest BCUT2D eigenvalue weighted by atomic mass is 79.9. The maximum absolute atomic E-state index is 9.13. The molecule has 4 heteroatoms. The second kappa shape index (κ2) is 3.89. The monoisotopic (exact) mass is 231 g/mol. The molecule has 0 aliphatic rings. The molecule has 0 heterocycles.